The minimum absolute atomic E-state index is 0.00567. The molecule has 3 amide bonds. The molecule has 0 radical (unpaired) electrons. The fourth-order valence-electron chi connectivity index (χ4n) is 5.32. The Balaban J connectivity index is 1.77. The number of hydrogen-bond donors (Lipinski definition) is 2. The van der Waals surface area contributed by atoms with Crippen LogP contribution in [0.1, 0.15) is 89.0 Å². The molecule has 13 heteroatoms. The fraction of sp³-hybridized carbons (Fsp3) is 0.529. The number of ether oxygens (including phenoxy) is 2. The Morgan fingerprint density at radius 1 is 0.979 bits per heavy atom. The summed E-state index contributed by atoms with van der Waals surface area (Å²) in [6.45, 7) is 9.02. The number of imide groups is 1. The highest BCUT2D eigenvalue weighted by Gasteiger charge is 2.71. The third kappa shape index (κ3) is 8.22. The van der Waals surface area contributed by atoms with E-state index in [9.17, 15) is 41.0 Å². The van der Waals surface area contributed by atoms with Gasteiger partial charge in [-0.3, -0.25) is 9.69 Å². The smallest absolute Gasteiger partial charge is 0.430 e. The molecule has 260 valence electrons. The Morgan fingerprint density at radius 2 is 1.62 bits per heavy atom. The van der Waals surface area contributed by atoms with Gasteiger partial charge in [0.1, 0.15) is 17.0 Å². The lowest BCUT2D eigenvalue weighted by Gasteiger charge is -2.33. The standard InChI is InChI=1S/C34H42F6N2O5/c1-6-8-9-13-24-21-26(32(45,33(35,36)37)34(38,39)40)20-23(12-7-2)28(24)46-19-11-10-18-42-29(43)31(5,41-30(42)44)25-14-16-27(17-15-25)47-22(3)4/h9,13-17,20-22,45H,6-8,10-12,18-19H2,1-5H3,(H,41,44). The zero-order valence-electron chi connectivity index (χ0n) is 27.1. The zero-order chi connectivity index (χ0) is 35.2. The molecule has 0 aliphatic carbocycles. The van der Waals surface area contributed by atoms with E-state index in [1.165, 1.54) is 6.08 Å². The average Bonchev–Trinajstić information content (AvgIpc) is 3.20. The summed E-state index contributed by atoms with van der Waals surface area (Å²) in [7, 11) is 0. The highest BCUT2D eigenvalue weighted by molar-refractivity contribution is 6.07. The van der Waals surface area contributed by atoms with Gasteiger partial charge < -0.3 is 19.9 Å². The number of rotatable bonds is 15. The molecule has 1 atom stereocenters. The average molecular weight is 673 g/mol. The molecule has 7 nitrogen and oxygen atoms in total. The quantitative estimate of drug-likeness (QED) is 0.113. The second-order valence-electron chi connectivity index (χ2n) is 12.0. The molecule has 3 rings (SSSR count). The second-order valence-corrected chi connectivity index (χ2v) is 12.0. The number of amides is 3. The van der Waals surface area contributed by atoms with Crippen LogP contribution >= 0.6 is 0 Å². The van der Waals surface area contributed by atoms with Crippen LogP contribution in [0, 0.1) is 0 Å². The summed E-state index contributed by atoms with van der Waals surface area (Å²) in [4.78, 5) is 27.2. The van der Waals surface area contributed by atoms with E-state index in [2.05, 4.69) is 5.32 Å². The summed E-state index contributed by atoms with van der Waals surface area (Å²) in [6.07, 6.45) is -6.78. The van der Waals surface area contributed by atoms with E-state index in [1.54, 1.807) is 44.2 Å². The van der Waals surface area contributed by atoms with Gasteiger partial charge >= 0.3 is 18.4 Å². The molecule has 0 aromatic heterocycles. The van der Waals surface area contributed by atoms with Crippen LogP contribution in [-0.2, 0) is 22.4 Å². The van der Waals surface area contributed by atoms with E-state index in [0.29, 0.717) is 55.5 Å². The summed E-state index contributed by atoms with van der Waals surface area (Å²) in [5.41, 5.74) is -7.06. The van der Waals surface area contributed by atoms with E-state index >= 15 is 0 Å². The largest absolute Gasteiger partial charge is 0.493 e. The van der Waals surface area contributed by atoms with Crippen molar-refractivity contribution in [1.29, 1.82) is 0 Å². The van der Waals surface area contributed by atoms with Crippen LogP contribution in [0.2, 0.25) is 0 Å². The van der Waals surface area contributed by atoms with Gasteiger partial charge in [0.2, 0.25) is 0 Å². The van der Waals surface area contributed by atoms with E-state index in [1.807, 2.05) is 20.8 Å². The molecule has 1 unspecified atom stereocenters. The maximum atomic E-state index is 13.7. The van der Waals surface area contributed by atoms with Crippen molar-refractivity contribution in [2.24, 2.45) is 0 Å². The number of aryl methyl sites for hydroxylation is 1. The SMILES string of the molecule is CCCC=Cc1cc(C(O)(C(F)(F)F)C(F)(F)F)cc(CCC)c1OCCCCN1C(=O)NC(C)(c2ccc(OC(C)C)cc2)C1=O. The van der Waals surface area contributed by atoms with Crippen LogP contribution in [0.25, 0.3) is 6.08 Å². The highest BCUT2D eigenvalue weighted by Crippen LogP contribution is 2.51. The molecule has 0 bridgehead atoms. The molecule has 1 aliphatic rings. The van der Waals surface area contributed by atoms with Crippen LogP contribution < -0.4 is 14.8 Å². The molecule has 0 saturated carbocycles. The number of allylic oxidation sites excluding steroid dienone is 1. The van der Waals surface area contributed by atoms with Crippen molar-refractivity contribution in [2.45, 2.75) is 103 Å². The predicted octanol–water partition coefficient (Wildman–Crippen LogP) is 8.18. The maximum Gasteiger partial charge on any atom is 0.430 e. The fourth-order valence-corrected chi connectivity index (χ4v) is 5.32. The highest BCUT2D eigenvalue weighted by atomic mass is 19.4. The first-order chi connectivity index (χ1) is 21.9. The maximum absolute atomic E-state index is 13.7. The number of hydrogen-bond acceptors (Lipinski definition) is 5. The first-order valence-electron chi connectivity index (χ1n) is 15.6. The molecule has 1 fully saturated rings. The van der Waals surface area contributed by atoms with Crippen LogP contribution in [0.4, 0.5) is 31.1 Å². The van der Waals surface area contributed by atoms with Gasteiger partial charge in [-0.15, -0.1) is 0 Å². The molecule has 1 heterocycles. The third-order valence-electron chi connectivity index (χ3n) is 7.81. The minimum atomic E-state index is -6.03. The Kier molecular flexibility index (Phi) is 12.0. The minimum Gasteiger partial charge on any atom is -0.493 e. The lowest BCUT2D eigenvalue weighted by molar-refractivity contribution is -0.376. The van der Waals surface area contributed by atoms with Crippen LogP contribution in [0.3, 0.4) is 0 Å². The number of carbonyl (C=O) groups is 2. The lowest BCUT2D eigenvalue weighted by atomic mass is 9.88. The van der Waals surface area contributed by atoms with E-state index in [4.69, 9.17) is 9.47 Å². The molecule has 47 heavy (non-hydrogen) atoms. The van der Waals surface area contributed by atoms with E-state index in [-0.39, 0.29) is 42.6 Å². The number of unbranched alkanes of at least 4 members (excludes halogenated alkanes) is 2. The van der Waals surface area contributed by atoms with Crippen LogP contribution in [-0.4, -0.2) is 53.6 Å². The lowest BCUT2D eigenvalue weighted by Crippen LogP contribution is -2.54. The van der Waals surface area contributed by atoms with Crippen LogP contribution in [0.5, 0.6) is 11.5 Å². The van der Waals surface area contributed by atoms with Crippen molar-refractivity contribution in [3.05, 3.63) is 64.7 Å². The molecular formula is C34H42F6N2O5. The van der Waals surface area contributed by atoms with Gasteiger partial charge in [-0.25, -0.2) is 4.79 Å². The van der Waals surface area contributed by atoms with Gasteiger partial charge in [0.15, 0.2) is 0 Å². The Morgan fingerprint density at radius 3 is 2.17 bits per heavy atom. The predicted molar refractivity (Wildman–Crippen MR) is 165 cm³/mol. The second kappa shape index (κ2) is 15.0. The van der Waals surface area contributed by atoms with E-state index < -0.39 is 41.0 Å². The van der Waals surface area contributed by atoms with Crippen LogP contribution in [0.15, 0.2) is 42.5 Å². The number of aliphatic hydroxyl groups is 1. The number of nitrogens with zero attached hydrogens (tertiary/aromatic N) is 1. The van der Waals surface area contributed by atoms with Gasteiger partial charge in [-0.05, 0) is 81.8 Å². The molecule has 2 aromatic rings. The molecule has 1 saturated heterocycles. The van der Waals surface area contributed by atoms with Crippen molar-refractivity contribution in [3.63, 3.8) is 0 Å². The van der Waals surface area contributed by atoms with Gasteiger partial charge in [-0.1, -0.05) is 51.0 Å². The first kappa shape index (κ1) is 37.7. The molecule has 2 N–H and O–H groups in total. The normalized spacial score (nSPS) is 17.6. The monoisotopic (exact) mass is 672 g/mol. The summed E-state index contributed by atoms with van der Waals surface area (Å²) in [6, 6.07) is 7.66. The van der Waals surface area contributed by atoms with Gasteiger partial charge in [0.25, 0.3) is 11.5 Å². The summed E-state index contributed by atoms with van der Waals surface area (Å²) >= 11 is 0. The first-order valence-corrected chi connectivity index (χ1v) is 15.6. The zero-order valence-corrected chi connectivity index (χ0v) is 27.1. The number of carbonyl (C=O) groups excluding carboxylic acids is 2. The topological polar surface area (TPSA) is 88.1 Å². The molecular weight excluding hydrogens is 630 g/mol. The van der Waals surface area contributed by atoms with Gasteiger partial charge in [0, 0.05) is 17.7 Å². The summed E-state index contributed by atoms with van der Waals surface area (Å²) in [5, 5.41) is 12.8. The number of urea groups is 1. The molecule has 0 spiro atoms. The summed E-state index contributed by atoms with van der Waals surface area (Å²) in [5.74, 6) is 0.298. The Bertz CT molecular complexity index is 1410. The van der Waals surface area contributed by atoms with Crippen molar-refractivity contribution < 1.29 is 50.5 Å². The van der Waals surface area contributed by atoms with Crippen molar-refractivity contribution in [1.82, 2.24) is 10.2 Å². The molecule has 1 aliphatic heterocycles. The summed E-state index contributed by atoms with van der Waals surface area (Å²) < 4.78 is 94.0. The van der Waals surface area contributed by atoms with Gasteiger partial charge in [0.05, 0.1) is 12.7 Å². The molecule has 2 aromatic carbocycles. The van der Waals surface area contributed by atoms with Crippen molar-refractivity contribution >= 4 is 18.0 Å². The number of alkyl halides is 6. The van der Waals surface area contributed by atoms with Crippen molar-refractivity contribution in [2.75, 3.05) is 13.2 Å². The van der Waals surface area contributed by atoms with Gasteiger partial charge in [-0.2, -0.15) is 26.3 Å². The Labute approximate surface area is 270 Å². The third-order valence-corrected chi connectivity index (χ3v) is 7.81. The number of benzene rings is 2. The number of nitrogens with one attached hydrogen (secondary N) is 1. The van der Waals surface area contributed by atoms with E-state index in [0.717, 1.165) is 4.90 Å². The Hall–Kier alpha value is -3.74. The van der Waals surface area contributed by atoms with Crippen molar-refractivity contribution in [3.8, 4) is 11.5 Å². The number of halogens is 6.